The molecule has 0 unspecified atom stereocenters. The average Bonchev–Trinajstić information content (AvgIpc) is 2.54. The lowest BCUT2D eigenvalue weighted by molar-refractivity contribution is 0.0592. The molecule has 0 aliphatic rings. The zero-order valence-electron chi connectivity index (χ0n) is 12.0. The van der Waals surface area contributed by atoms with Crippen LogP contribution in [0.15, 0.2) is 46.9 Å². The molecule has 0 bridgehead atoms. The molecule has 0 atom stereocenters. The summed E-state index contributed by atoms with van der Waals surface area (Å²) in [7, 11) is 2.65. The van der Waals surface area contributed by atoms with Gasteiger partial charge in [-0.25, -0.2) is 9.59 Å². The third-order valence-corrected chi connectivity index (χ3v) is 3.30. The van der Waals surface area contributed by atoms with Crippen LogP contribution >= 0.6 is 15.9 Å². The fourth-order valence-electron chi connectivity index (χ4n) is 1.85. The van der Waals surface area contributed by atoms with Gasteiger partial charge in [-0.3, -0.25) is 0 Å². The quantitative estimate of drug-likeness (QED) is 0.613. The highest BCUT2D eigenvalue weighted by atomic mass is 79.9. The zero-order chi connectivity index (χ0) is 16.1. The predicted molar refractivity (Wildman–Crippen MR) is 83.4 cm³/mol. The molecule has 5 nitrogen and oxygen atoms in total. The predicted octanol–water partition coefficient (Wildman–Crippen LogP) is 3.46. The van der Waals surface area contributed by atoms with Crippen LogP contribution in [0.5, 0.6) is 11.5 Å². The van der Waals surface area contributed by atoms with Crippen molar-refractivity contribution in [1.82, 2.24) is 0 Å². The van der Waals surface area contributed by atoms with Crippen LogP contribution in [0.25, 0.3) is 0 Å². The van der Waals surface area contributed by atoms with Crippen molar-refractivity contribution in [2.45, 2.75) is 0 Å². The number of hydrogen-bond acceptors (Lipinski definition) is 5. The lowest BCUT2D eigenvalue weighted by atomic mass is 10.2. The molecule has 0 radical (unpaired) electrons. The molecule has 2 aromatic carbocycles. The first-order valence-electron chi connectivity index (χ1n) is 6.30. The van der Waals surface area contributed by atoms with Gasteiger partial charge in [-0.1, -0.05) is 34.1 Å². The van der Waals surface area contributed by atoms with Gasteiger partial charge in [0.05, 0.1) is 19.8 Å². The van der Waals surface area contributed by atoms with E-state index in [-0.39, 0.29) is 17.1 Å². The molecule has 22 heavy (non-hydrogen) atoms. The average molecular weight is 365 g/mol. The summed E-state index contributed by atoms with van der Waals surface area (Å²) in [5.41, 5.74) is 0.555. The van der Waals surface area contributed by atoms with E-state index in [9.17, 15) is 9.59 Å². The SMILES string of the molecule is COC(=O)c1cc(Br)cc(OC(=O)c2ccccc2)c1OC. The molecule has 114 valence electrons. The molecule has 0 aliphatic heterocycles. The van der Waals surface area contributed by atoms with E-state index >= 15 is 0 Å². The summed E-state index contributed by atoms with van der Waals surface area (Å²) in [6.07, 6.45) is 0. The summed E-state index contributed by atoms with van der Waals surface area (Å²) < 4.78 is 15.8. The number of carbonyl (C=O) groups is 2. The van der Waals surface area contributed by atoms with Gasteiger partial charge < -0.3 is 14.2 Å². The third kappa shape index (κ3) is 3.46. The molecule has 2 aromatic rings. The first-order valence-corrected chi connectivity index (χ1v) is 7.09. The summed E-state index contributed by atoms with van der Waals surface area (Å²) in [5.74, 6) is -0.867. The molecule has 0 amide bonds. The normalized spacial score (nSPS) is 9.95. The van der Waals surface area contributed by atoms with Crippen molar-refractivity contribution < 1.29 is 23.8 Å². The van der Waals surface area contributed by atoms with Crippen molar-refractivity contribution in [2.24, 2.45) is 0 Å². The molecule has 6 heteroatoms. The molecular formula is C16H13BrO5. The standard InChI is InChI=1S/C16H13BrO5/c1-20-14-12(16(19)21-2)8-11(17)9-13(14)22-15(18)10-6-4-3-5-7-10/h3-9H,1-2H3. The van der Waals surface area contributed by atoms with Crippen LogP contribution in [-0.4, -0.2) is 26.2 Å². The Kier molecular flexibility index (Phi) is 5.16. The number of ether oxygens (including phenoxy) is 3. The molecule has 0 fully saturated rings. The summed E-state index contributed by atoms with van der Waals surface area (Å²) >= 11 is 3.27. The van der Waals surface area contributed by atoms with Gasteiger partial charge in [0, 0.05) is 4.47 Å². The van der Waals surface area contributed by atoms with Crippen molar-refractivity contribution in [2.75, 3.05) is 14.2 Å². The molecular weight excluding hydrogens is 352 g/mol. The van der Waals surface area contributed by atoms with E-state index in [1.807, 2.05) is 0 Å². The van der Waals surface area contributed by atoms with Gasteiger partial charge in [-0.2, -0.15) is 0 Å². The van der Waals surface area contributed by atoms with Gasteiger partial charge in [0.1, 0.15) is 5.56 Å². The van der Waals surface area contributed by atoms with Crippen molar-refractivity contribution in [3.63, 3.8) is 0 Å². The summed E-state index contributed by atoms with van der Waals surface area (Å²) in [5, 5.41) is 0. The lowest BCUT2D eigenvalue weighted by Gasteiger charge is -2.13. The van der Waals surface area contributed by atoms with Crippen LogP contribution in [-0.2, 0) is 4.74 Å². The minimum atomic E-state index is -0.588. The molecule has 0 N–H and O–H groups in total. The van der Waals surface area contributed by atoms with E-state index in [1.54, 1.807) is 36.4 Å². The Morgan fingerprint density at radius 2 is 1.68 bits per heavy atom. The van der Waals surface area contributed by atoms with Gasteiger partial charge >= 0.3 is 11.9 Å². The Hall–Kier alpha value is -2.34. The van der Waals surface area contributed by atoms with Gasteiger partial charge in [-0.15, -0.1) is 0 Å². The van der Waals surface area contributed by atoms with E-state index in [0.717, 1.165) is 0 Å². The second-order valence-corrected chi connectivity index (χ2v) is 5.15. The number of esters is 2. The highest BCUT2D eigenvalue weighted by Crippen LogP contribution is 2.35. The number of carbonyl (C=O) groups excluding carboxylic acids is 2. The Morgan fingerprint density at radius 3 is 2.27 bits per heavy atom. The molecule has 0 saturated carbocycles. The van der Waals surface area contributed by atoms with Crippen molar-refractivity contribution in [1.29, 1.82) is 0 Å². The summed E-state index contributed by atoms with van der Waals surface area (Å²) in [6.45, 7) is 0. The largest absolute Gasteiger partial charge is 0.492 e. The fraction of sp³-hybridized carbons (Fsp3) is 0.125. The minimum absolute atomic E-state index is 0.131. The number of hydrogen-bond donors (Lipinski definition) is 0. The molecule has 0 aromatic heterocycles. The molecule has 0 aliphatic carbocycles. The molecule has 2 rings (SSSR count). The second-order valence-electron chi connectivity index (χ2n) is 4.23. The number of methoxy groups -OCH3 is 2. The first kappa shape index (κ1) is 16.0. The highest BCUT2D eigenvalue weighted by Gasteiger charge is 2.21. The Labute approximate surface area is 135 Å². The maximum absolute atomic E-state index is 12.1. The minimum Gasteiger partial charge on any atom is -0.492 e. The monoisotopic (exact) mass is 364 g/mol. The van der Waals surface area contributed by atoms with Crippen molar-refractivity contribution in [3.05, 3.63) is 58.1 Å². The van der Waals surface area contributed by atoms with Crippen LogP contribution in [0.1, 0.15) is 20.7 Å². The third-order valence-electron chi connectivity index (χ3n) is 2.84. The van der Waals surface area contributed by atoms with Gasteiger partial charge in [0.2, 0.25) is 0 Å². The van der Waals surface area contributed by atoms with Crippen LogP contribution in [0.4, 0.5) is 0 Å². The van der Waals surface area contributed by atoms with E-state index in [4.69, 9.17) is 14.2 Å². The summed E-state index contributed by atoms with van der Waals surface area (Å²) in [6, 6.07) is 11.6. The van der Waals surface area contributed by atoms with Crippen molar-refractivity contribution in [3.8, 4) is 11.5 Å². The number of rotatable bonds is 4. The molecule has 0 heterocycles. The zero-order valence-corrected chi connectivity index (χ0v) is 13.5. The highest BCUT2D eigenvalue weighted by molar-refractivity contribution is 9.10. The smallest absolute Gasteiger partial charge is 0.343 e. The Bertz CT molecular complexity index is 697. The number of benzene rings is 2. The Morgan fingerprint density at radius 1 is 1.00 bits per heavy atom. The van der Waals surface area contributed by atoms with Crippen molar-refractivity contribution >= 4 is 27.9 Å². The fourth-order valence-corrected chi connectivity index (χ4v) is 2.29. The van der Waals surface area contributed by atoms with Crippen LogP contribution in [0.3, 0.4) is 0 Å². The topological polar surface area (TPSA) is 61.8 Å². The molecule has 0 spiro atoms. The van der Waals surface area contributed by atoms with Gasteiger partial charge in [0.15, 0.2) is 11.5 Å². The first-order chi connectivity index (χ1) is 10.6. The van der Waals surface area contributed by atoms with E-state index in [1.165, 1.54) is 20.3 Å². The number of halogens is 1. The molecule has 0 saturated heterocycles. The van der Waals surface area contributed by atoms with Crippen LogP contribution < -0.4 is 9.47 Å². The maximum atomic E-state index is 12.1. The van der Waals surface area contributed by atoms with E-state index < -0.39 is 11.9 Å². The van der Waals surface area contributed by atoms with Gasteiger partial charge in [0.25, 0.3) is 0 Å². The Balaban J connectivity index is 2.40. The van der Waals surface area contributed by atoms with E-state index in [0.29, 0.717) is 10.0 Å². The maximum Gasteiger partial charge on any atom is 0.343 e. The van der Waals surface area contributed by atoms with Gasteiger partial charge in [-0.05, 0) is 24.3 Å². The summed E-state index contributed by atoms with van der Waals surface area (Å²) in [4.78, 5) is 23.9. The lowest BCUT2D eigenvalue weighted by Crippen LogP contribution is -2.11. The van der Waals surface area contributed by atoms with E-state index in [2.05, 4.69) is 15.9 Å². The van der Waals surface area contributed by atoms with Crippen LogP contribution in [0, 0.1) is 0 Å². The second kappa shape index (κ2) is 7.09. The van der Waals surface area contributed by atoms with Crippen LogP contribution in [0.2, 0.25) is 0 Å².